The molecule has 1 saturated heterocycles. The van der Waals surface area contributed by atoms with Crippen molar-refractivity contribution in [2.45, 2.75) is 32.4 Å². The lowest BCUT2D eigenvalue weighted by Crippen LogP contribution is -2.63. The van der Waals surface area contributed by atoms with E-state index in [1.54, 1.807) is 11.8 Å². The van der Waals surface area contributed by atoms with Crippen molar-refractivity contribution in [1.29, 1.82) is 0 Å². The fraction of sp³-hybridized carbons (Fsp3) is 0.308. The largest absolute Gasteiger partial charge is 0.619 e. The molecule has 37 heavy (non-hydrogen) atoms. The molecule has 4 rings (SSSR count). The molecule has 3 heterocycles. The molecular formula is C26H27F2N5O4. The molecule has 1 aromatic carbocycles. The van der Waals surface area contributed by atoms with Crippen LogP contribution in [-0.4, -0.2) is 57.8 Å². The Morgan fingerprint density at radius 1 is 1.14 bits per heavy atom. The highest BCUT2D eigenvalue weighted by atomic mass is 19.1. The fourth-order valence-corrected chi connectivity index (χ4v) is 4.21. The SMILES string of the molecule is C[C@@H](C(=O)Nc1ccc(Oc2ccc(F)cc2F)cn1)N1CCN(C(=O)c2cc[n+]([O-])cc2)C(C)(C)C1. The number of anilines is 1. The first-order valence-corrected chi connectivity index (χ1v) is 11.7. The van der Waals surface area contributed by atoms with Crippen LogP contribution in [0.25, 0.3) is 0 Å². The summed E-state index contributed by atoms with van der Waals surface area (Å²) in [6, 6.07) is 8.51. The summed E-state index contributed by atoms with van der Waals surface area (Å²) in [5.74, 6) is -1.62. The Labute approximate surface area is 212 Å². The van der Waals surface area contributed by atoms with Crippen LogP contribution in [0.15, 0.2) is 61.1 Å². The molecule has 1 aliphatic heterocycles. The van der Waals surface area contributed by atoms with E-state index in [4.69, 9.17) is 4.74 Å². The number of hydrogen-bond donors (Lipinski definition) is 1. The molecule has 11 heteroatoms. The zero-order chi connectivity index (χ0) is 26.7. The van der Waals surface area contributed by atoms with Gasteiger partial charge in [-0.1, -0.05) is 0 Å². The van der Waals surface area contributed by atoms with Crippen LogP contribution in [0, 0.1) is 16.8 Å². The molecule has 0 radical (unpaired) electrons. The third kappa shape index (κ3) is 6.00. The highest BCUT2D eigenvalue weighted by molar-refractivity contribution is 5.95. The van der Waals surface area contributed by atoms with Crippen molar-refractivity contribution in [2.75, 3.05) is 25.0 Å². The lowest BCUT2D eigenvalue weighted by atomic mass is 9.96. The smallest absolute Gasteiger partial charge is 0.254 e. The Morgan fingerprint density at radius 2 is 1.86 bits per heavy atom. The van der Waals surface area contributed by atoms with Crippen molar-refractivity contribution >= 4 is 17.6 Å². The first-order chi connectivity index (χ1) is 17.5. The molecule has 0 saturated carbocycles. The predicted molar refractivity (Wildman–Crippen MR) is 131 cm³/mol. The van der Waals surface area contributed by atoms with E-state index in [2.05, 4.69) is 10.3 Å². The standard InChI is InChI=1S/C26H27F2N5O4/c1-17(31-12-13-33(26(2,3)16-31)25(35)18-8-10-32(36)11-9-18)24(34)30-23-7-5-20(15-29-23)37-22-6-4-19(27)14-21(22)28/h4-11,14-15,17H,12-13,16H2,1-3H3,(H,29,30,34)/t17-/m0/s1. The van der Waals surface area contributed by atoms with Crippen molar-refractivity contribution in [3.63, 3.8) is 0 Å². The van der Waals surface area contributed by atoms with Gasteiger partial charge in [-0.25, -0.2) is 13.8 Å². The van der Waals surface area contributed by atoms with Gasteiger partial charge in [-0.3, -0.25) is 14.5 Å². The van der Waals surface area contributed by atoms with Crippen molar-refractivity contribution in [3.8, 4) is 11.5 Å². The van der Waals surface area contributed by atoms with Gasteiger partial charge in [0.25, 0.3) is 5.91 Å². The zero-order valence-electron chi connectivity index (χ0n) is 20.6. The van der Waals surface area contributed by atoms with E-state index in [1.165, 1.54) is 48.9 Å². The Balaban J connectivity index is 1.35. The summed E-state index contributed by atoms with van der Waals surface area (Å²) < 4.78 is 32.9. The maximum atomic E-state index is 13.8. The van der Waals surface area contributed by atoms with Crippen molar-refractivity contribution < 1.29 is 27.8 Å². The van der Waals surface area contributed by atoms with E-state index in [1.807, 2.05) is 18.7 Å². The second-order valence-corrected chi connectivity index (χ2v) is 9.41. The van der Waals surface area contributed by atoms with Crippen LogP contribution in [0.3, 0.4) is 0 Å². The van der Waals surface area contributed by atoms with Crippen molar-refractivity contribution in [2.24, 2.45) is 0 Å². The average molecular weight is 512 g/mol. The Bertz CT molecular complexity index is 1290. The van der Waals surface area contributed by atoms with Gasteiger partial charge in [-0.05, 0) is 45.0 Å². The average Bonchev–Trinajstić information content (AvgIpc) is 2.86. The number of rotatable bonds is 6. The quantitative estimate of drug-likeness (QED) is 0.402. The first-order valence-electron chi connectivity index (χ1n) is 11.7. The minimum atomic E-state index is -0.838. The number of nitrogens with one attached hydrogen (secondary N) is 1. The van der Waals surface area contributed by atoms with E-state index in [0.717, 1.165) is 12.1 Å². The Kier molecular flexibility index (Phi) is 7.35. The molecular weight excluding hydrogens is 484 g/mol. The summed E-state index contributed by atoms with van der Waals surface area (Å²) in [5, 5.41) is 14.0. The molecule has 2 amide bonds. The van der Waals surface area contributed by atoms with Crippen LogP contribution in [-0.2, 0) is 4.79 Å². The van der Waals surface area contributed by atoms with Crippen LogP contribution in [0.4, 0.5) is 14.6 Å². The highest BCUT2D eigenvalue weighted by Gasteiger charge is 2.39. The summed E-state index contributed by atoms with van der Waals surface area (Å²) in [7, 11) is 0. The van der Waals surface area contributed by atoms with Crippen LogP contribution in [0.1, 0.15) is 31.1 Å². The van der Waals surface area contributed by atoms with Gasteiger partial charge in [0.1, 0.15) is 17.4 Å². The molecule has 3 aromatic rings. The second kappa shape index (κ2) is 10.5. The Morgan fingerprint density at radius 3 is 2.49 bits per heavy atom. The molecule has 9 nitrogen and oxygen atoms in total. The number of benzene rings is 1. The van der Waals surface area contributed by atoms with Gasteiger partial charge in [0.05, 0.1) is 23.3 Å². The molecule has 2 aromatic heterocycles. The van der Waals surface area contributed by atoms with Crippen molar-refractivity contribution in [1.82, 2.24) is 14.8 Å². The van der Waals surface area contributed by atoms with Gasteiger partial charge in [-0.15, -0.1) is 0 Å². The normalized spacial score (nSPS) is 16.2. The summed E-state index contributed by atoms with van der Waals surface area (Å²) in [5.41, 5.74) is -0.125. The number of ether oxygens (including phenoxy) is 1. The first kappa shape index (κ1) is 26.0. The summed E-state index contributed by atoms with van der Waals surface area (Å²) >= 11 is 0. The molecule has 194 valence electrons. The van der Waals surface area contributed by atoms with E-state index in [-0.39, 0.29) is 29.1 Å². The fourth-order valence-electron chi connectivity index (χ4n) is 4.21. The maximum absolute atomic E-state index is 13.8. The Hall–Kier alpha value is -4.12. The minimum absolute atomic E-state index is 0.143. The lowest BCUT2D eigenvalue weighted by molar-refractivity contribution is -0.605. The minimum Gasteiger partial charge on any atom is -0.619 e. The van der Waals surface area contributed by atoms with Gasteiger partial charge < -0.3 is 20.2 Å². The van der Waals surface area contributed by atoms with Gasteiger partial charge in [0.15, 0.2) is 24.0 Å². The topological polar surface area (TPSA) is 102 Å². The predicted octanol–water partition coefficient (Wildman–Crippen LogP) is 3.35. The third-order valence-electron chi connectivity index (χ3n) is 6.26. The molecule has 1 fully saturated rings. The summed E-state index contributed by atoms with van der Waals surface area (Å²) in [4.78, 5) is 33.8. The second-order valence-electron chi connectivity index (χ2n) is 9.41. The van der Waals surface area contributed by atoms with Gasteiger partial charge in [-0.2, -0.15) is 4.73 Å². The highest BCUT2D eigenvalue weighted by Crippen LogP contribution is 2.26. The summed E-state index contributed by atoms with van der Waals surface area (Å²) in [6.45, 7) is 7.01. The molecule has 1 N–H and O–H groups in total. The van der Waals surface area contributed by atoms with E-state index in [0.29, 0.717) is 29.9 Å². The van der Waals surface area contributed by atoms with Gasteiger partial charge in [0.2, 0.25) is 5.91 Å². The van der Waals surface area contributed by atoms with Crippen LogP contribution in [0.2, 0.25) is 0 Å². The number of pyridine rings is 2. The molecule has 0 spiro atoms. The number of halogens is 2. The molecule has 0 aliphatic carbocycles. The van der Waals surface area contributed by atoms with E-state index < -0.39 is 23.2 Å². The van der Waals surface area contributed by atoms with Crippen molar-refractivity contribution in [3.05, 3.63) is 83.5 Å². The monoisotopic (exact) mass is 511 g/mol. The number of carbonyl (C=O) groups is 2. The van der Waals surface area contributed by atoms with Gasteiger partial charge >= 0.3 is 0 Å². The zero-order valence-corrected chi connectivity index (χ0v) is 20.6. The lowest BCUT2D eigenvalue weighted by Gasteiger charge is -2.48. The van der Waals surface area contributed by atoms with Crippen LogP contribution >= 0.6 is 0 Å². The molecule has 1 atom stereocenters. The number of hydrogen-bond acceptors (Lipinski definition) is 6. The summed E-state index contributed by atoms with van der Waals surface area (Å²) in [6.07, 6.45) is 3.90. The number of amides is 2. The molecule has 1 aliphatic rings. The third-order valence-corrected chi connectivity index (χ3v) is 6.26. The van der Waals surface area contributed by atoms with Crippen LogP contribution in [0.5, 0.6) is 11.5 Å². The maximum Gasteiger partial charge on any atom is 0.254 e. The number of nitrogens with zero attached hydrogens (tertiary/aromatic N) is 4. The molecule has 0 unspecified atom stereocenters. The number of carbonyl (C=O) groups excluding carboxylic acids is 2. The van der Waals surface area contributed by atoms with E-state index >= 15 is 0 Å². The number of aromatic nitrogens is 2. The van der Waals surface area contributed by atoms with E-state index in [9.17, 15) is 23.6 Å². The molecule has 0 bridgehead atoms. The van der Waals surface area contributed by atoms with Gasteiger partial charge in [0, 0.05) is 37.8 Å². The number of piperazine rings is 1. The van der Waals surface area contributed by atoms with Crippen LogP contribution < -0.4 is 14.8 Å².